The summed E-state index contributed by atoms with van der Waals surface area (Å²) in [4.78, 5) is 26.0. The summed E-state index contributed by atoms with van der Waals surface area (Å²) >= 11 is 12.0. The Morgan fingerprint density at radius 1 is 1.15 bits per heavy atom. The number of rotatable bonds is 6. The molecule has 5 nitrogen and oxygen atoms in total. The third-order valence-corrected chi connectivity index (χ3v) is 4.30. The van der Waals surface area contributed by atoms with Crippen molar-refractivity contribution in [2.45, 2.75) is 13.0 Å². The maximum absolute atomic E-state index is 12.1. The number of nitrogens with one attached hydrogen (secondary N) is 1. The number of anilines is 1. The number of ether oxygens (including phenoxy) is 1. The van der Waals surface area contributed by atoms with Crippen molar-refractivity contribution in [3.8, 4) is 0 Å². The van der Waals surface area contributed by atoms with Crippen LogP contribution in [-0.2, 0) is 9.53 Å². The van der Waals surface area contributed by atoms with Gasteiger partial charge in [-0.1, -0.05) is 35.3 Å². The zero-order valence-corrected chi connectivity index (χ0v) is 16.3. The molecule has 0 radical (unpaired) electrons. The van der Waals surface area contributed by atoms with Gasteiger partial charge in [0, 0.05) is 29.8 Å². The van der Waals surface area contributed by atoms with Crippen molar-refractivity contribution in [3.05, 3.63) is 63.6 Å². The summed E-state index contributed by atoms with van der Waals surface area (Å²) in [5.41, 5.74) is 1.99. The predicted molar refractivity (Wildman–Crippen MR) is 104 cm³/mol. The van der Waals surface area contributed by atoms with Gasteiger partial charge < -0.3 is 15.0 Å². The third-order valence-electron chi connectivity index (χ3n) is 3.74. The Bertz CT molecular complexity index is 809. The van der Waals surface area contributed by atoms with E-state index in [1.165, 1.54) is 0 Å². The minimum Gasteiger partial charge on any atom is -0.452 e. The second kappa shape index (κ2) is 8.92. The lowest BCUT2D eigenvalue weighted by Gasteiger charge is -2.16. The predicted octanol–water partition coefficient (Wildman–Crippen LogP) is 4.09. The van der Waals surface area contributed by atoms with Gasteiger partial charge >= 0.3 is 5.97 Å². The van der Waals surface area contributed by atoms with Gasteiger partial charge in [0.15, 0.2) is 6.61 Å². The van der Waals surface area contributed by atoms with Crippen LogP contribution in [0.4, 0.5) is 5.69 Å². The normalized spacial score (nSPS) is 11.6. The van der Waals surface area contributed by atoms with Gasteiger partial charge in [0.25, 0.3) is 5.91 Å². The van der Waals surface area contributed by atoms with Crippen LogP contribution >= 0.6 is 23.2 Å². The Balaban J connectivity index is 1.92. The lowest BCUT2D eigenvalue weighted by atomic mass is 10.1. The van der Waals surface area contributed by atoms with E-state index in [9.17, 15) is 9.59 Å². The molecule has 0 aliphatic heterocycles. The SMILES string of the molecule is C[C@@H](NC(=O)COC(=O)c1cccc(N(C)C)c1)c1ccc(Cl)cc1Cl. The molecular formula is C19H20Cl2N2O3. The Hall–Kier alpha value is -2.24. The minimum absolute atomic E-state index is 0.344. The molecule has 1 amide bonds. The van der Waals surface area contributed by atoms with Crippen LogP contribution in [0.25, 0.3) is 0 Å². The number of benzene rings is 2. The van der Waals surface area contributed by atoms with Crippen LogP contribution in [0.5, 0.6) is 0 Å². The number of amides is 1. The van der Waals surface area contributed by atoms with Gasteiger partial charge in [-0.3, -0.25) is 4.79 Å². The quantitative estimate of drug-likeness (QED) is 0.749. The average Bonchev–Trinajstić information content (AvgIpc) is 2.59. The highest BCUT2D eigenvalue weighted by Crippen LogP contribution is 2.26. The average molecular weight is 395 g/mol. The molecule has 7 heteroatoms. The van der Waals surface area contributed by atoms with Crippen molar-refractivity contribution >= 4 is 40.8 Å². The van der Waals surface area contributed by atoms with Crippen LogP contribution in [0, 0.1) is 0 Å². The Morgan fingerprint density at radius 2 is 1.88 bits per heavy atom. The van der Waals surface area contributed by atoms with Gasteiger partial charge in [-0.2, -0.15) is 0 Å². The summed E-state index contributed by atoms with van der Waals surface area (Å²) in [6, 6.07) is 11.7. The summed E-state index contributed by atoms with van der Waals surface area (Å²) in [7, 11) is 3.75. The van der Waals surface area contributed by atoms with E-state index in [1.54, 1.807) is 43.3 Å². The molecule has 0 heterocycles. The van der Waals surface area contributed by atoms with Gasteiger partial charge in [-0.05, 0) is 42.8 Å². The summed E-state index contributed by atoms with van der Waals surface area (Å²) in [5.74, 6) is -0.971. The van der Waals surface area contributed by atoms with E-state index < -0.39 is 11.9 Å². The first-order valence-corrected chi connectivity index (χ1v) is 8.72. The Kier molecular flexibility index (Phi) is 6.89. The zero-order valence-electron chi connectivity index (χ0n) is 14.8. The van der Waals surface area contributed by atoms with Crippen LogP contribution in [-0.4, -0.2) is 32.6 Å². The third kappa shape index (κ3) is 5.38. The Morgan fingerprint density at radius 3 is 2.54 bits per heavy atom. The van der Waals surface area contributed by atoms with Gasteiger partial charge in [0.1, 0.15) is 0 Å². The van der Waals surface area contributed by atoms with Crippen LogP contribution in [0.3, 0.4) is 0 Å². The van der Waals surface area contributed by atoms with Crippen LogP contribution in [0.15, 0.2) is 42.5 Å². The fourth-order valence-electron chi connectivity index (χ4n) is 2.34. The number of halogens is 2. The number of nitrogens with zero attached hydrogens (tertiary/aromatic N) is 1. The molecule has 0 fully saturated rings. The molecule has 1 N–H and O–H groups in total. The van der Waals surface area contributed by atoms with Crippen LogP contribution in [0.1, 0.15) is 28.9 Å². The molecule has 0 unspecified atom stereocenters. The smallest absolute Gasteiger partial charge is 0.338 e. The maximum Gasteiger partial charge on any atom is 0.338 e. The molecular weight excluding hydrogens is 375 g/mol. The summed E-state index contributed by atoms with van der Waals surface area (Å²) in [5, 5.41) is 3.72. The first-order valence-electron chi connectivity index (χ1n) is 7.96. The van der Waals surface area contributed by atoms with E-state index in [-0.39, 0.29) is 12.6 Å². The van der Waals surface area contributed by atoms with Crippen molar-refractivity contribution < 1.29 is 14.3 Å². The number of hydrogen-bond acceptors (Lipinski definition) is 4. The van der Waals surface area contributed by atoms with E-state index >= 15 is 0 Å². The van der Waals surface area contributed by atoms with E-state index in [1.807, 2.05) is 25.1 Å². The molecule has 26 heavy (non-hydrogen) atoms. The Labute approximate surface area is 162 Å². The first kappa shape index (κ1) is 20.1. The molecule has 0 aliphatic rings. The number of esters is 1. The van der Waals surface area contributed by atoms with Crippen molar-refractivity contribution in [2.75, 3.05) is 25.6 Å². The lowest BCUT2D eigenvalue weighted by Crippen LogP contribution is -2.31. The molecule has 0 saturated carbocycles. The van der Waals surface area contributed by atoms with E-state index in [0.717, 1.165) is 11.3 Å². The zero-order chi connectivity index (χ0) is 19.3. The second-order valence-electron chi connectivity index (χ2n) is 5.98. The molecule has 1 atom stereocenters. The van der Waals surface area contributed by atoms with Crippen molar-refractivity contribution in [1.29, 1.82) is 0 Å². The van der Waals surface area contributed by atoms with E-state index in [4.69, 9.17) is 27.9 Å². The molecule has 2 aromatic carbocycles. The molecule has 2 aromatic rings. The molecule has 138 valence electrons. The number of hydrogen-bond donors (Lipinski definition) is 1. The highest BCUT2D eigenvalue weighted by Gasteiger charge is 2.15. The van der Waals surface area contributed by atoms with Crippen LogP contribution < -0.4 is 10.2 Å². The van der Waals surface area contributed by atoms with E-state index in [2.05, 4.69) is 5.32 Å². The summed E-state index contributed by atoms with van der Waals surface area (Å²) in [6.07, 6.45) is 0. The fourth-order valence-corrected chi connectivity index (χ4v) is 2.91. The molecule has 0 spiro atoms. The topological polar surface area (TPSA) is 58.6 Å². The van der Waals surface area contributed by atoms with Gasteiger partial charge in [0.05, 0.1) is 11.6 Å². The maximum atomic E-state index is 12.1. The largest absolute Gasteiger partial charge is 0.452 e. The molecule has 0 saturated heterocycles. The minimum atomic E-state index is -0.555. The van der Waals surface area contributed by atoms with Crippen molar-refractivity contribution in [2.24, 2.45) is 0 Å². The van der Waals surface area contributed by atoms with Crippen LogP contribution in [0.2, 0.25) is 10.0 Å². The molecule has 0 aliphatic carbocycles. The van der Waals surface area contributed by atoms with E-state index in [0.29, 0.717) is 15.6 Å². The van der Waals surface area contributed by atoms with Gasteiger partial charge in [-0.15, -0.1) is 0 Å². The fraction of sp³-hybridized carbons (Fsp3) is 0.263. The highest BCUT2D eigenvalue weighted by atomic mass is 35.5. The lowest BCUT2D eigenvalue weighted by molar-refractivity contribution is -0.124. The summed E-state index contributed by atoms with van der Waals surface area (Å²) in [6.45, 7) is 1.41. The number of carbonyl (C=O) groups excluding carboxylic acids is 2. The molecule has 0 bridgehead atoms. The number of carbonyl (C=O) groups is 2. The molecule has 2 rings (SSSR count). The standard InChI is InChI=1S/C19H20Cl2N2O3/c1-12(16-8-7-14(20)10-17(16)21)22-18(24)11-26-19(25)13-5-4-6-15(9-13)23(2)3/h4-10,12H,11H2,1-3H3,(H,22,24)/t12-/m1/s1. The summed E-state index contributed by atoms with van der Waals surface area (Å²) < 4.78 is 5.09. The molecule has 0 aromatic heterocycles. The highest BCUT2D eigenvalue weighted by molar-refractivity contribution is 6.35. The van der Waals surface area contributed by atoms with Gasteiger partial charge in [0.2, 0.25) is 0 Å². The van der Waals surface area contributed by atoms with Crippen molar-refractivity contribution in [3.63, 3.8) is 0 Å². The van der Waals surface area contributed by atoms with Gasteiger partial charge in [-0.25, -0.2) is 4.79 Å². The monoisotopic (exact) mass is 394 g/mol. The second-order valence-corrected chi connectivity index (χ2v) is 6.82. The van der Waals surface area contributed by atoms with Crippen molar-refractivity contribution in [1.82, 2.24) is 5.32 Å². The first-order chi connectivity index (χ1) is 12.3.